The molecule has 76 valence electrons. The van der Waals surface area contributed by atoms with Crippen molar-refractivity contribution < 1.29 is 0 Å². The number of nitrogens with zero attached hydrogens (tertiary/aromatic N) is 3. The highest BCUT2D eigenvalue weighted by Crippen LogP contribution is 2.26. The Morgan fingerprint density at radius 2 is 2.13 bits per heavy atom. The van der Waals surface area contributed by atoms with Gasteiger partial charge in [0, 0.05) is 18.0 Å². The summed E-state index contributed by atoms with van der Waals surface area (Å²) in [5.41, 5.74) is 0.995. The number of aryl methyl sites for hydroxylation is 1. The van der Waals surface area contributed by atoms with E-state index < -0.39 is 0 Å². The first kappa shape index (κ1) is 10.4. The first-order valence-corrected chi connectivity index (χ1v) is 5.53. The highest BCUT2D eigenvalue weighted by atomic mass is 35.5. The third kappa shape index (κ3) is 2.67. The van der Waals surface area contributed by atoms with Gasteiger partial charge in [0.1, 0.15) is 10.1 Å². The zero-order valence-electron chi connectivity index (χ0n) is 8.01. The quantitative estimate of drug-likeness (QED) is 0.595. The van der Waals surface area contributed by atoms with Gasteiger partial charge >= 0.3 is 0 Å². The molecule has 2 aromatic heterocycles. The van der Waals surface area contributed by atoms with Crippen molar-refractivity contribution in [2.45, 2.75) is 17.0 Å². The lowest BCUT2D eigenvalue weighted by atomic mass is 10.4. The number of aromatic nitrogens is 3. The van der Waals surface area contributed by atoms with E-state index in [1.165, 1.54) is 11.8 Å². The molecule has 0 aromatic carbocycles. The standard InChI is InChI=1S/C10H8ClN3S/c1-7-6-13-10(11)14-9(7)15-8-4-2-3-5-12-8/h2-6H,1H3. The minimum atomic E-state index is 0.263. The van der Waals surface area contributed by atoms with Crippen LogP contribution in [-0.2, 0) is 0 Å². The Labute approximate surface area is 96.9 Å². The van der Waals surface area contributed by atoms with Gasteiger partial charge in [-0.15, -0.1) is 0 Å². The van der Waals surface area contributed by atoms with Crippen LogP contribution in [0.5, 0.6) is 0 Å². The van der Waals surface area contributed by atoms with E-state index in [-0.39, 0.29) is 5.28 Å². The van der Waals surface area contributed by atoms with Crippen molar-refractivity contribution in [2.24, 2.45) is 0 Å². The summed E-state index contributed by atoms with van der Waals surface area (Å²) in [6.45, 7) is 1.95. The molecule has 0 N–H and O–H groups in total. The predicted molar refractivity (Wildman–Crippen MR) is 60.1 cm³/mol. The molecular formula is C10H8ClN3S. The fraction of sp³-hybridized carbons (Fsp3) is 0.100. The van der Waals surface area contributed by atoms with Crippen LogP contribution in [0, 0.1) is 6.92 Å². The molecule has 0 bridgehead atoms. The van der Waals surface area contributed by atoms with Gasteiger partial charge in [-0.1, -0.05) is 6.07 Å². The largest absolute Gasteiger partial charge is 0.250 e. The van der Waals surface area contributed by atoms with Crippen molar-refractivity contribution in [2.75, 3.05) is 0 Å². The van der Waals surface area contributed by atoms with E-state index in [2.05, 4.69) is 15.0 Å². The molecule has 0 amide bonds. The van der Waals surface area contributed by atoms with Crippen molar-refractivity contribution in [1.82, 2.24) is 15.0 Å². The molecule has 0 radical (unpaired) electrons. The van der Waals surface area contributed by atoms with Gasteiger partial charge in [0.15, 0.2) is 0 Å². The maximum Gasteiger partial charge on any atom is 0.223 e. The summed E-state index contributed by atoms with van der Waals surface area (Å²) in [5, 5.41) is 2.00. The molecule has 3 nitrogen and oxygen atoms in total. The van der Waals surface area contributed by atoms with Gasteiger partial charge in [-0.2, -0.15) is 0 Å². The molecule has 2 rings (SSSR count). The Hall–Kier alpha value is -1.13. The van der Waals surface area contributed by atoms with Crippen molar-refractivity contribution in [1.29, 1.82) is 0 Å². The first-order valence-electron chi connectivity index (χ1n) is 4.34. The van der Waals surface area contributed by atoms with E-state index in [0.717, 1.165) is 15.6 Å². The Morgan fingerprint density at radius 3 is 2.87 bits per heavy atom. The van der Waals surface area contributed by atoms with Crippen molar-refractivity contribution >= 4 is 23.4 Å². The zero-order chi connectivity index (χ0) is 10.7. The third-order valence-electron chi connectivity index (χ3n) is 1.73. The number of hydrogen-bond acceptors (Lipinski definition) is 4. The lowest BCUT2D eigenvalue weighted by molar-refractivity contribution is 0.997. The van der Waals surface area contributed by atoms with Gasteiger partial charge in [-0.05, 0) is 42.4 Å². The predicted octanol–water partition coefficient (Wildman–Crippen LogP) is 2.98. The second-order valence-corrected chi connectivity index (χ2v) is 4.24. The Kier molecular flexibility index (Phi) is 3.18. The van der Waals surface area contributed by atoms with Gasteiger partial charge in [0.05, 0.1) is 0 Å². The highest BCUT2D eigenvalue weighted by molar-refractivity contribution is 7.99. The minimum absolute atomic E-state index is 0.263. The molecule has 0 spiro atoms. The number of hydrogen-bond donors (Lipinski definition) is 0. The van der Waals surface area contributed by atoms with Crippen LogP contribution in [0.1, 0.15) is 5.56 Å². The summed E-state index contributed by atoms with van der Waals surface area (Å²) >= 11 is 7.21. The van der Waals surface area contributed by atoms with Gasteiger partial charge in [0.2, 0.25) is 5.28 Å². The van der Waals surface area contributed by atoms with Crippen LogP contribution in [0.3, 0.4) is 0 Å². The van der Waals surface area contributed by atoms with E-state index in [9.17, 15) is 0 Å². The third-order valence-corrected chi connectivity index (χ3v) is 2.97. The van der Waals surface area contributed by atoms with E-state index in [4.69, 9.17) is 11.6 Å². The van der Waals surface area contributed by atoms with Crippen LogP contribution >= 0.6 is 23.4 Å². The smallest absolute Gasteiger partial charge is 0.223 e. The second-order valence-electron chi connectivity index (χ2n) is 2.90. The van der Waals surface area contributed by atoms with Crippen molar-refractivity contribution in [3.8, 4) is 0 Å². The molecule has 0 saturated carbocycles. The van der Waals surface area contributed by atoms with Crippen LogP contribution < -0.4 is 0 Å². The SMILES string of the molecule is Cc1cnc(Cl)nc1Sc1ccccn1. The van der Waals surface area contributed by atoms with E-state index in [1.54, 1.807) is 12.4 Å². The Bertz CT molecular complexity index is 461. The van der Waals surface area contributed by atoms with Crippen LogP contribution in [-0.4, -0.2) is 15.0 Å². The van der Waals surface area contributed by atoms with E-state index >= 15 is 0 Å². The van der Waals surface area contributed by atoms with Crippen molar-refractivity contribution in [3.05, 3.63) is 41.4 Å². The molecule has 0 saturated heterocycles. The van der Waals surface area contributed by atoms with Gasteiger partial charge in [-0.25, -0.2) is 15.0 Å². The highest BCUT2D eigenvalue weighted by Gasteiger charge is 2.04. The molecule has 15 heavy (non-hydrogen) atoms. The first-order chi connectivity index (χ1) is 7.25. The minimum Gasteiger partial charge on any atom is -0.250 e. The molecule has 0 aliphatic heterocycles. The maximum atomic E-state index is 5.73. The normalized spacial score (nSPS) is 10.3. The number of halogens is 1. The summed E-state index contributed by atoms with van der Waals surface area (Å²) in [6, 6.07) is 5.75. The molecule has 0 aliphatic rings. The lowest BCUT2D eigenvalue weighted by Gasteiger charge is -2.02. The molecular weight excluding hydrogens is 230 g/mol. The molecule has 0 fully saturated rings. The van der Waals surface area contributed by atoms with E-state index in [0.29, 0.717) is 0 Å². The van der Waals surface area contributed by atoms with Gasteiger partial charge < -0.3 is 0 Å². The summed E-state index contributed by atoms with van der Waals surface area (Å²) in [7, 11) is 0. The number of pyridine rings is 1. The zero-order valence-corrected chi connectivity index (χ0v) is 9.59. The van der Waals surface area contributed by atoms with Crippen LogP contribution in [0.25, 0.3) is 0 Å². The lowest BCUT2D eigenvalue weighted by Crippen LogP contribution is -1.90. The monoisotopic (exact) mass is 237 g/mol. The maximum absolute atomic E-state index is 5.73. The fourth-order valence-corrected chi connectivity index (χ4v) is 2.00. The molecule has 0 unspecified atom stereocenters. The molecule has 2 aromatic rings. The molecule has 2 heterocycles. The topological polar surface area (TPSA) is 38.7 Å². The van der Waals surface area contributed by atoms with Gasteiger partial charge in [-0.3, -0.25) is 0 Å². The summed E-state index contributed by atoms with van der Waals surface area (Å²) < 4.78 is 0. The molecule has 0 atom stereocenters. The van der Waals surface area contributed by atoms with Crippen LogP contribution in [0.2, 0.25) is 5.28 Å². The summed E-state index contributed by atoms with van der Waals surface area (Å²) in [4.78, 5) is 12.3. The van der Waals surface area contributed by atoms with Gasteiger partial charge in [0.25, 0.3) is 0 Å². The average molecular weight is 238 g/mol. The van der Waals surface area contributed by atoms with Crippen LogP contribution in [0.4, 0.5) is 0 Å². The Balaban J connectivity index is 2.28. The second kappa shape index (κ2) is 4.59. The average Bonchev–Trinajstić information content (AvgIpc) is 2.25. The van der Waals surface area contributed by atoms with E-state index in [1.807, 2.05) is 25.1 Å². The van der Waals surface area contributed by atoms with Crippen LogP contribution in [0.15, 0.2) is 40.6 Å². The Morgan fingerprint density at radius 1 is 1.27 bits per heavy atom. The molecule has 5 heteroatoms. The summed E-state index contributed by atoms with van der Waals surface area (Å²) in [5.74, 6) is 0. The van der Waals surface area contributed by atoms with Crippen molar-refractivity contribution in [3.63, 3.8) is 0 Å². The molecule has 0 aliphatic carbocycles. The fourth-order valence-electron chi connectivity index (χ4n) is 1.02. The number of rotatable bonds is 2. The summed E-state index contributed by atoms with van der Waals surface area (Å²) in [6.07, 6.45) is 3.46.